The number of hydrogen-bond acceptors (Lipinski definition) is 5. The van der Waals surface area contributed by atoms with Crippen molar-refractivity contribution in [3.8, 4) is 0 Å². The van der Waals surface area contributed by atoms with E-state index in [4.69, 9.17) is 4.74 Å². The van der Waals surface area contributed by atoms with Crippen LogP contribution in [0.15, 0.2) is 29.2 Å². The Labute approximate surface area is 134 Å². The quantitative estimate of drug-likeness (QED) is 0.641. The van der Waals surface area contributed by atoms with Gasteiger partial charge in [-0.15, -0.1) is 11.8 Å². The molecule has 0 radical (unpaired) electrons. The first kappa shape index (κ1) is 15.1. The molecule has 22 heavy (non-hydrogen) atoms. The largest absolute Gasteiger partial charge is 0.468 e. The number of hydrogen-bond donors (Lipinski definition) is 0. The summed E-state index contributed by atoms with van der Waals surface area (Å²) in [6, 6.07) is 8.27. The molecule has 0 aliphatic carbocycles. The number of nitrogens with zero attached hydrogens (tertiary/aromatic N) is 3. The predicted octanol–water partition coefficient (Wildman–Crippen LogP) is 2.64. The van der Waals surface area contributed by atoms with Gasteiger partial charge in [-0.25, -0.2) is 9.67 Å². The highest BCUT2D eigenvalue weighted by Crippen LogP contribution is 2.28. The van der Waals surface area contributed by atoms with Crippen LogP contribution in [0.3, 0.4) is 0 Å². The van der Waals surface area contributed by atoms with Crippen molar-refractivity contribution < 1.29 is 9.53 Å². The summed E-state index contributed by atoms with van der Waals surface area (Å²) in [6.45, 7) is 0.819. The van der Waals surface area contributed by atoms with Crippen molar-refractivity contribution in [3.63, 3.8) is 0 Å². The second kappa shape index (κ2) is 6.52. The molecular formula is C16H19N3O2S. The molecule has 0 N–H and O–H groups in total. The second-order valence-electron chi connectivity index (χ2n) is 5.32. The molecule has 6 heteroatoms. The van der Waals surface area contributed by atoms with Gasteiger partial charge in [0.25, 0.3) is 0 Å². The van der Waals surface area contributed by atoms with Crippen molar-refractivity contribution in [1.82, 2.24) is 14.8 Å². The van der Waals surface area contributed by atoms with Crippen LogP contribution in [-0.4, -0.2) is 34.1 Å². The van der Waals surface area contributed by atoms with Gasteiger partial charge in [-0.1, -0.05) is 18.2 Å². The zero-order valence-corrected chi connectivity index (χ0v) is 13.6. The summed E-state index contributed by atoms with van der Waals surface area (Å²) in [7, 11) is 1.42. The maximum absolute atomic E-state index is 11.9. The minimum Gasteiger partial charge on any atom is -0.468 e. The zero-order chi connectivity index (χ0) is 15.5. The van der Waals surface area contributed by atoms with Crippen molar-refractivity contribution in [1.29, 1.82) is 0 Å². The molecule has 1 aromatic carbocycles. The number of benzene rings is 1. The summed E-state index contributed by atoms with van der Waals surface area (Å²) in [6.07, 6.45) is 4.46. The van der Waals surface area contributed by atoms with Gasteiger partial charge in [0, 0.05) is 17.9 Å². The van der Waals surface area contributed by atoms with Crippen LogP contribution >= 0.6 is 11.8 Å². The van der Waals surface area contributed by atoms with Crippen LogP contribution in [0, 0.1) is 0 Å². The van der Waals surface area contributed by atoms with Gasteiger partial charge in [0.15, 0.2) is 5.82 Å². The molecule has 0 amide bonds. The maximum Gasteiger partial charge on any atom is 0.316 e. The van der Waals surface area contributed by atoms with Gasteiger partial charge in [-0.3, -0.25) is 4.79 Å². The average molecular weight is 317 g/mol. The fourth-order valence-corrected chi connectivity index (χ4v) is 3.48. The van der Waals surface area contributed by atoms with Gasteiger partial charge in [-0.05, 0) is 30.7 Å². The number of ether oxygens (including phenoxy) is 1. The first-order valence-electron chi connectivity index (χ1n) is 7.36. The van der Waals surface area contributed by atoms with E-state index in [1.807, 2.05) is 16.8 Å². The third-order valence-corrected chi connectivity index (χ3v) is 4.78. The number of carbonyl (C=O) groups is 1. The molecule has 5 nitrogen and oxygen atoms in total. The number of rotatable bonds is 4. The van der Waals surface area contributed by atoms with E-state index in [2.05, 4.69) is 28.5 Å². The Morgan fingerprint density at radius 3 is 3.05 bits per heavy atom. The summed E-state index contributed by atoms with van der Waals surface area (Å²) in [4.78, 5) is 17.7. The fourth-order valence-electron chi connectivity index (χ4n) is 2.86. The van der Waals surface area contributed by atoms with Crippen LogP contribution in [0.4, 0.5) is 0 Å². The Kier molecular flexibility index (Phi) is 4.47. The van der Waals surface area contributed by atoms with Crippen molar-refractivity contribution in [3.05, 3.63) is 41.5 Å². The van der Waals surface area contributed by atoms with Crippen molar-refractivity contribution in [2.75, 3.05) is 13.4 Å². The lowest BCUT2D eigenvalue weighted by molar-refractivity contribution is -0.143. The number of aryl methyl sites for hydroxylation is 1. The number of carbonyl (C=O) groups excluding carboxylic acids is 1. The van der Waals surface area contributed by atoms with Crippen LogP contribution in [0.1, 0.15) is 36.0 Å². The minimum absolute atomic E-state index is 0.218. The van der Waals surface area contributed by atoms with Crippen LogP contribution in [0.2, 0.25) is 0 Å². The predicted molar refractivity (Wildman–Crippen MR) is 85.0 cm³/mol. The van der Waals surface area contributed by atoms with Crippen LogP contribution < -0.4 is 0 Å². The molecule has 2 heterocycles. The molecule has 1 atom stereocenters. The van der Waals surface area contributed by atoms with E-state index in [-0.39, 0.29) is 11.9 Å². The molecule has 1 aliphatic heterocycles. The van der Waals surface area contributed by atoms with E-state index in [1.165, 1.54) is 17.6 Å². The Bertz CT molecular complexity index is 684. The Morgan fingerprint density at radius 2 is 2.27 bits per heavy atom. The number of aromatic nitrogens is 3. The maximum atomic E-state index is 11.9. The summed E-state index contributed by atoms with van der Waals surface area (Å²) < 4.78 is 6.75. The Hall–Kier alpha value is -1.82. The van der Waals surface area contributed by atoms with Gasteiger partial charge < -0.3 is 4.74 Å². The third kappa shape index (κ3) is 2.88. The second-order valence-corrected chi connectivity index (χ2v) is 6.16. The molecule has 1 aliphatic rings. The number of esters is 1. The molecule has 3 rings (SSSR count). The van der Waals surface area contributed by atoms with E-state index in [0.717, 1.165) is 31.0 Å². The Morgan fingerprint density at radius 1 is 1.45 bits per heavy atom. The lowest BCUT2D eigenvalue weighted by Gasteiger charge is -2.19. The SMILES string of the molecule is COC(=O)C1CCCn2nc(Cc3ccccc3SC)nc21. The van der Waals surface area contributed by atoms with Gasteiger partial charge in [0.1, 0.15) is 11.7 Å². The normalized spacial score (nSPS) is 17.1. The molecule has 1 unspecified atom stereocenters. The Balaban J connectivity index is 1.88. The van der Waals surface area contributed by atoms with E-state index in [0.29, 0.717) is 6.42 Å². The van der Waals surface area contributed by atoms with Crippen LogP contribution in [-0.2, 0) is 22.5 Å². The summed E-state index contributed by atoms with van der Waals surface area (Å²) in [5, 5.41) is 4.58. The zero-order valence-electron chi connectivity index (χ0n) is 12.8. The van der Waals surface area contributed by atoms with E-state index in [9.17, 15) is 4.79 Å². The van der Waals surface area contributed by atoms with Gasteiger partial charge in [-0.2, -0.15) is 5.10 Å². The summed E-state index contributed by atoms with van der Waals surface area (Å²) >= 11 is 1.72. The lowest BCUT2D eigenvalue weighted by atomic mass is 9.99. The average Bonchev–Trinajstić information content (AvgIpc) is 2.96. The summed E-state index contributed by atoms with van der Waals surface area (Å²) in [5.41, 5.74) is 1.22. The number of methoxy groups -OCH3 is 1. The van der Waals surface area contributed by atoms with Crippen molar-refractivity contribution in [2.45, 2.75) is 36.6 Å². The van der Waals surface area contributed by atoms with Gasteiger partial charge >= 0.3 is 5.97 Å². The first-order valence-corrected chi connectivity index (χ1v) is 8.58. The highest BCUT2D eigenvalue weighted by atomic mass is 32.2. The molecule has 0 spiro atoms. The van der Waals surface area contributed by atoms with E-state index in [1.54, 1.807) is 11.8 Å². The monoisotopic (exact) mass is 317 g/mol. The van der Waals surface area contributed by atoms with Crippen LogP contribution in [0.25, 0.3) is 0 Å². The van der Waals surface area contributed by atoms with Crippen molar-refractivity contribution in [2.24, 2.45) is 0 Å². The van der Waals surface area contributed by atoms with Gasteiger partial charge in [0.2, 0.25) is 0 Å². The standard InChI is InChI=1S/C16H19N3O2S/c1-21-16(20)12-7-5-9-19-15(12)17-14(18-19)10-11-6-3-4-8-13(11)22-2/h3-4,6,8,12H,5,7,9-10H2,1-2H3. The van der Waals surface area contributed by atoms with Gasteiger partial charge in [0.05, 0.1) is 7.11 Å². The summed E-state index contributed by atoms with van der Waals surface area (Å²) in [5.74, 6) is 1.02. The van der Waals surface area contributed by atoms with Crippen molar-refractivity contribution >= 4 is 17.7 Å². The topological polar surface area (TPSA) is 57.0 Å². The molecule has 0 fully saturated rings. The van der Waals surface area contributed by atoms with E-state index < -0.39 is 0 Å². The molecule has 1 aromatic heterocycles. The minimum atomic E-state index is -0.282. The third-order valence-electron chi connectivity index (χ3n) is 3.95. The van der Waals surface area contributed by atoms with E-state index >= 15 is 0 Å². The van der Waals surface area contributed by atoms with Crippen LogP contribution in [0.5, 0.6) is 0 Å². The lowest BCUT2D eigenvalue weighted by Crippen LogP contribution is -2.24. The molecule has 116 valence electrons. The highest BCUT2D eigenvalue weighted by Gasteiger charge is 2.30. The number of fused-ring (bicyclic) bond motifs is 1. The molecule has 2 aromatic rings. The smallest absolute Gasteiger partial charge is 0.316 e. The first-order chi connectivity index (χ1) is 10.7. The molecule has 0 saturated carbocycles. The fraction of sp³-hybridized carbons (Fsp3) is 0.438. The molecular weight excluding hydrogens is 298 g/mol. The number of thioether (sulfide) groups is 1. The molecule has 0 saturated heterocycles. The molecule has 0 bridgehead atoms. The highest BCUT2D eigenvalue weighted by molar-refractivity contribution is 7.98.